The van der Waals surface area contributed by atoms with Crippen LogP contribution in [0.1, 0.15) is 55.8 Å². The van der Waals surface area contributed by atoms with Crippen LogP contribution < -0.4 is 4.74 Å². The number of benzene rings is 1. The van der Waals surface area contributed by atoms with Gasteiger partial charge in [0.05, 0.1) is 5.56 Å². The van der Waals surface area contributed by atoms with E-state index in [1.54, 1.807) is 0 Å². The first-order valence-electron chi connectivity index (χ1n) is 10.5. The van der Waals surface area contributed by atoms with Crippen molar-refractivity contribution in [3.8, 4) is 5.75 Å². The number of carbonyl (C=O) groups is 1. The third-order valence-corrected chi connectivity index (χ3v) is 6.54. The van der Waals surface area contributed by atoms with Gasteiger partial charge in [-0.25, -0.2) is 0 Å². The highest BCUT2D eigenvalue weighted by atomic mass is 32.2. The average Bonchev–Trinajstić information content (AvgIpc) is 2.73. The summed E-state index contributed by atoms with van der Waals surface area (Å²) < 4.78 is 6.33. The Morgan fingerprint density at radius 3 is 2.56 bits per heavy atom. The number of likely N-dealkylation sites (tertiary alicyclic amines) is 2. The predicted octanol–water partition coefficient (Wildman–Crippen LogP) is 4.30. The standard InChI is InChI=1S/C22H34N2O2S/c1-18(12-17-27-2)23-15-10-19(11-16-23)26-21-9-5-4-8-20(21)22(25)24-13-6-3-7-14-24/h4-5,8-9,18-19H,3,6-7,10-17H2,1-2H3/t18-/m1/s1. The molecule has 1 atom stereocenters. The minimum Gasteiger partial charge on any atom is -0.489 e. The lowest BCUT2D eigenvalue weighted by atomic mass is 10.0. The first-order chi connectivity index (χ1) is 13.2. The zero-order valence-electron chi connectivity index (χ0n) is 16.9. The van der Waals surface area contributed by atoms with E-state index >= 15 is 0 Å². The maximum atomic E-state index is 12.9. The monoisotopic (exact) mass is 390 g/mol. The molecule has 0 radical (unpaired) electrons. The molecule has 3 rings (SSSR count). The van der Waals surface area contributed by atoms with E-state index in [-0.39, 0.29) is 12.0 Å². The number of nitrogens with zero attached hydrogens (tertiary/aromatic N) is 2. The van der Waals surface area contributed by atoms with Crippen LogP contribution in [0.5, 0.6) is 5.75 Å². The van der Waals surface area contributed by atoms with Crippen molar-refractivity contribution >= 4 is 17.7 Å². The average molecular weight is 391 g/mol. The molecule has 0 bridgehead atoms. The molecule has 2 saturated heterocycles. The molecule has 0 aliphatic carbocycles. The van der Waals surface area contributed by atoms with E-state index in [2.05, 4.69) is 18.1 Å². The SMILES string of the molecule is CSCC[C@@H](C)N1CCC(Oc2ccccc2C(=O)N2CCCCC2)CC1. The fourth-order valence-electron chi connectivity index (χ4n) is 4.10. The van der Waals surface area contributed by atoms with Gasteiger partial charge in [0, 0.05) is 32.2 Å². The summed E-state index contributed by atoms with van der Waals surface area (Å²) in [5, 5.41) is 0. The molecule has 5 heteroatoms. The smallest absolute Gasteiger partial charge is 0.257 e. The molecule has 2 aliphatic heterocycles. The number of piperidine rings is 2. The molecular weight excluding hydrogens is 356 g/mol. The minimum atomic E-state index is 0.133. The van der Waals surface area contributed by atoms with Crippen molar-refractivity contribution in [3.63, 3.8) is 0 Å². The summed E-state index contributed by atoms with van der Waals surface area (Å²) in [6, 6.07) is 8.45. The molecule has 2 aliphatic rings. The molecule has 1 amide bonds. The topological polar surface area (TPSA) is 32.8 Å². The van der Waals surface area contributed by atoms with Crippen LogP contribution in [0.2, 0.25) is 0 Å². The Balaban J connectivity index is 1.56. The van der Waals surface area contributed by atoms with Gasteiger partial charge in [0.25, 0.3) is 5.91 Å². The summed E-state index contributed by atoms with van der Waals surface area (Å²) in [6.07, 6.45) is 9.17. The van der Waals surface area contributed by atoms with Crippen LogP contribution in [0.3, 0.4) is 0 Å². The van der Waals surface area contributed by atoms with Crippen LogP contribution in [-0.4, -0.2) is 66.0 Å². The van der Waals surface area contributed by atoms with Gasteiger partial charge in [-0.1, -0.05) is 12.1 Å². The lowest BCUT2D eigenvalue weighted by Gasteiger charge is -2.36. The summed E-state index contributed by atoms with van der Waals surface area (Å²) in [7, 11) is 0. The van der Waals surface area contributed by atoms with Crippen LogP contribution >= 0.6 is 11.8 Å². The van der Waals surface area contributed by atoms with E-state index < -0.39 is 0 Å². The van der Waals surface area contributed by atoms with E-state index in [0.717, 1.165) is 63.2 Å². The maximum absolute atomic E-state index is 12.9. The summed E-state index contributed by atoms with van der Waals surface area (Å²) in [5.74, 6) is 2.12. The first kappa shape index (κ1) is 20.5. The zero-order valence-corrected chi connectivity index (χ0v) is 17.7. The number of thioether (sulfide) groups is 1. The normalized spacial score (nSPS) is 20.4. The summed E-state index contributed by atoms with van der Waals surface area (Å²) in [6.45, 7) is 6.26. The van der Waals surface area contributed by atoms with E-state index in [1.165, 1.54) is 18.6 Å². The summed E-state index contributed by atoms with van der Waals surface area (Å²) in [5.41, 5.74) is 0.732. The van der Waals surface area contributed by atoms with Gasteiger partial charge in [-0.2, -0.15) is 11.8 Å². The molecule has 150 valence electrons. The Hall–Kier alpha value is -1.20. The van der Waals surface area contributed by atoms with E-state index in [0.29, 0.717) is 6.04 Å². The van der Waals surface area contributed by atoms with Gasteiger partial charge in [0.15, 0.2) is 0 Å². The number of rotatable bonds is 7. The fourth-order valence-corrected chi connectivity index (χ4v) is 4.68. The number of hydrogen-bond acceptors (Lipinski definition) is 4. The Morgan fingerprint density at radius 2 is 1.85 bits per heavy atom. The molecule has 1 aromatic carbocycles. The zero-order chi connectivity index (χ0) is 19.1. The molecule has 0 aromatic heterocycles. The second-order valence-corrected chi connectivity index (χ2v) is 8.82. The second-order valence-electron chi connectivity index (χ2n) is 7.83. The van der Waals surface area contributed by atoms with Gasteiger partial charge in [-0.15, -0.1) is 0 Å². The van der Waals surface area contributed by atoms with Crippen molar-refractivity contribution in [2.24, 2.45) is 0 Å². The van der Waals surface area contributed by atoms with E-state index in [1.807, 2.05) is 40.9 Å². The Bertz CT molecular complexity index is 596. The van der Waals surface area contributed by atoms with Crippen molar-refractivity contribution in [2.75, 3.05) is 38.2 Å². The fraction of sp³-hybridized carbons (Fsp3) is 0.682. The number of hydrogen-bond donors (Lipinski definition) is 0. The van der Waals surface area contributed by atoms with Crippen LogP contribution in [0, 0.1) is 0 Å². The van der Waals surface area contributed by atoms with E-state index in [9.17, 15) is 4.79 Å². The molecule has 2 heterocycles. The van der Waals surface area contributed by atoms with Crippen molar-refractivity contribution in [1.82, 2.24) is 9.80 Å². The molecule has 0 N–H and O–H groups in total. The van der Waals surface area contributed by atoms with Crippen LogP contribution in [0.15, 0.2) is 24.3 Å². The van der Waals surface area contributed by atoms with Gasteiger partial charge in [0.1, 0.15) is 11.9 Å². The van der Waals surface area contributed by atoms with Crippen molar-refractivity contribution < 1.29 is 9.53 Å². The van der Waals surface area contributed by atoms with Gasteiger partial charge < -0.3 is 14.5 Å². The van der Waals surface area contributed by atoms with Gasteiger partial charge in [0.2, 0.25) is 0 Å². The maximum Gasteiger partial charge on any atom is 0.257 e. The van der Waals surface area contributed by atoms with Crippen LogP contribution in [0.4, 0.5) is 0 Å². The van der Waals surface area contributed by atoms with Crippen molar-refractivity contribution in [3.05, 3.63) is 29.8 Å². The predicted molar refractivity (Wildman–Crippen MR) is 114 cm³/mol. The third kappa shape index (κ3) is 5.64. The molecule has 4 nitrogen and oxygen atoms in total. The molecule has 0 saturated carbocycles. The first-order valence-corrected chi connectivity index (χ1v) is 11.9. The molecule has 0 spiro atoms. The summed E-state index contributed by atoms with van der Waals surface area (Å²) in [4.78, 5) is 17.5. The number of para-hydroxylation sites is 1. The highest BCUT2D eigenvalue weighted by Crippen LogP contribution is 2.26. The highest BCUT2D eigenvalue weighted by Gasteiger charge is 2.26. The third-order valence-electron chi connectivity index (χ3n) is 5.89. The summed E-state index contributed by atoms with van der Waals surface area (Å²) >= 11 is 1.92. The van der Waals surface area contributed by atoms with E-state index in [4.69, 9.17) is 4.74 Å². The van der Waals surface area contributed by atoms with Crippen molar-refractivity contribution in [2.45, 2.75) is 57.6 Å². The molecule has 0 unspecified atom stereocenters. The number of amides is 1. The second kappa shape index (κ2) is 10.4. The van der Waals surface area contributed by atoms with Gasteiger partial charge in [-0.05, 0) is 69.6 Å². The lowest BCUT2D eigenvalue weighted by molar-refractivity contribution is 0.0681. The van der Waals surface area contributed by atoms with Crippen LogP contribution in [-0.2, 0) is 0 Å². The highest BCUT2D eigenvalue weighted by molar-refractivity contribution is 7.98. The molecule has 27 heavy (non-hydrogen) atoms. The number of ether oxygens (including phenoxy) is 1. The minimum absolute atomic E-state index is 0.133. The Kier molecular flexibility index (Phi) is 7.89. The van der Waals surface area contributed by atoms with Gasteiger partial charge >= 0.3 is 0 Å². The quantitative estimate of drug-likeness (QED) is 0.695. The van der Waals surface area contributed by atoms with Crippen molar-refractivity contribution in [1.29, 1.82) is 0 Å². The largest absolute Gasteiger partial charge is 0.489 e. The lowest BCUT2D eigenvalue weighted by Crippen LogP contribution is -2.43. The number of carbonyl (C=O) groups excluding carboxylic acids is 1. The Labute approximate surface area is 168 Å². The molecule has 1 aromatic rings. The Morgan fingerprint density at radius 1 is 1.15 bits per heavy atom. The van der Waals surface area contributed by atoms with Gasteiger partial charge in [-0.3, -0.25) is 4.79 Å². The molecular formula is C22H34N2O2S. The molecule has 2 fully saturated rings. The van der Waals surface area contributed by atoms with Crippen LogP contribution in [0.25, 0.3) is 0 Å².